The normalized spacial score (nSPS) is 11.0. The van der Waals surface area contributed by atoms with Gasteiger partial charge < -0.3 is 9.73 Å². The number of carbonyl (C=O) groups excluding carboxylic acids is 1. The van der Waals surface area contributed by atoms with Gasteiger partial charge in [0.15, 0.2) is 5.58 Å². The Hall–Kier alpha value is -2.57. The fourth-order valence-electron chi connectivity index (χ4n) is 2.77. The molecule has 1 N–H and O–H groups in total. The van der Waals surface area contributed by atoms with Crippen LogP contribution in [-0.2, 0) is 12.2 Å². The summed E-state index contributed by atoms with van der Waals surface area (Å²) in [5, 5.41) is 5.68. The summed E-state index contributed by atoms with van der Waals surface area (Å²) in [6.45, 7) is 0.631. The highest BCUT2D eigenvalue weighted by Crippen LogP contribution is 2.27. The summed E-state index contributed by atoms with van der Waals surface area (Å²) in [6, 6.07) is 19.5. The number of thioether (sulfide) groups is 1. The molecular weight excluding hydrogens is 376 g/mol. The van der Waals surface area contributed by atoms with Crippen molar-refractivity contribution in [3.05, 3.63) is 82.0 Å². The van der Waals surface area contributed by atoms with E-state index in [2.05, 4.69) is 21.7 Å². The first-order chi connectivity index (χ1) is 13.3. The van der Waals surface area contributed by atoms with E-state index in [0.29, 0.717) is 23.1 Å². The maximum Gasteiger partial charge on any atom is 0.257 e. The first-order valence-corrected chi connectivity index (χ1v) is 10.5. The number of hydrogen-bond donors (Lipinski definition) is 1. The Balaban J connectivity index is 1.40. The zero-order valence-corrected chi connectivity index (χ0v) is 16.2. The van der Waals surface area contributed by atoms with Crippen LogP contribution < -0.4 is 5.32 Å². The van der Waals surface area contributed by atoms with E-state index in [1.165, 1.54) is 16.6 Å². The van der Waals surface area contributed by atoms with Gasteiger partial charge in [-0.15, -0.1) is 11.3 Å². The van der Waals surface area contributed by atoms with Gasteiger partial charge in [-0.25, -0.2) is 4.98 Å². The van der Waals surface area contributed by atoms with Crippen molar-refractivity contribution < 1.29 is 9.21 Å². The van der Waals surface area contributed by atoms with E-state index < -0.39 is 0 Å². The van der Waals surface area contributed by atoms with E-state index in [-0.39, 0.29) is 5.91 Å². The van der Waals surface area contributed by atoms with Crippen molar-refractivity contribution in [2.75, 3.05) is 6.54 Å². The van der Waals surface area contributed by atoms with Crippen molar-refractivity contribution in [2.45, 2.75) is 17.4 Å². The van der Waals surface area contributed by atoms with Gasteiger partial charge in [-0.3, -0.25) is 4.79 Å². The number of nitrogens with one attached hydrogen (secondary N) is 1. The van der Waals surface area contributed by atoms with Crippen molar-refractivity contribution in [2.24, 2.45) is 0 Å². The monoisotopic (exact) mass is 394 g/mol. The lowest BCUT2D eigenvalue weighted by Crippen LogP contribution is -2.26. The van der Waals surface area contributed by atoms with Crippen LogP contribution in [0.3, 0.4) is 0 Å². The smallest absolute Gasteiger partial charge is 0.257 e. The van der Waals surface area contributed by atoms with Crippen molar-refractivity contribution in [3.63, 3.8) is 0 Å². The lowest BCUT2D eigenvalue weighted by molar-refractivity contribution is 0.0953. The van der Waals surface area contributed by atoms with E-state index in [0.717, 1.165) is 23.1 Å². The predicted molar refractivity (Wildman–Crippen MR) is 110 cm³/mol. The van der Waals surface area contributed by atoms with E-state index in [9.17, 15) is 4.79 Å². The highest BCUT2D eigenvalue weighted by molar-refractivity contribution is 7.98. The third kappa shape index (κ3) is 4.40. The second kappa shape index (κ2) is 8.41. The second-order valence-corrected chi connectivity index (χ2v) is 7.94. The molecule has 0 aliphatic carbocycles. The summed E-state index contributed by atoms with van der Waals surface area (Å²) in [4.78, 5) is 18.3. The molecule has 4 rings (SSSR count). The topological polar surface area (TPSA) is 55.1 Å². The molecule has 1 amide bonds. The predicted octanol–water partition coefficient (Wildman–Crippen LogP) is 5.15. The van der Waals surface area contributed by atoms with Gasteiger partial charge in [0.25, 0.3) is 11.1 Å². The van der Waals surface area contributed by atoms with Gasteiger partial charge in [0, 0.05) is 22.7 Å². The lowest BCUT2D eigenvalue weighted by atomic mass is 10.1. The lowest BCUT2D eigenvalue weighted by Gasteiger charge is -2.09. The SMILES string of the molecule is O=C(NCCc1cccs1)c1ccccc1CSc1nc2ccccc2o1. The van der Waals surface area contributed by atoms with Crippen LogP contribution in [0.5, 0.6) is 0 Å². The van der Waals surface area contributed by atoms with E-state index in [1.54, 1.807) is 11.3 Å². The molecular formula is C21H18N2O2S2. The highest BCUT2D eigenvalue weighted by atomic mass is 32.2. The number of carbonyl (C=O) groups is 1. The first kappa shape index (κ1) is 17.8. The molecule has 0 saturated heterocycles. The zero-order valence-electron chi connectivity index (χ0n) is 14.6. The summed E-state index contributed by atoms with van der Waals surface area (Å²) in [7, 11) is 0. The summed E-state index contributed by atoms with van der Waals surface area (Å²) in [5.74, 6) is 0.585. The Bertz CT molecular complexity index is 1010. The van der Waals surface area contributed by atoms with E-state index >= 15 is 0 Å². The van der Waals surface area contributed by atoms with Crippen LogP contribution in [-0.4, -0.2) is 17.4 Å². The number of amides is 1. The molecule has 4 nitrogen and oxygen atoms in total. The molecule has 0 saturated carbocycles. The average molecular weight is 395 g/mol. The summed E-state index contributed by atoms with van der Waals surface area (Å²) >= 11 is 3.21. The Labute approximate surface area is 165 Å². The zero-order chi connectivity index (χ0) is 18.5. The maximum atomic E-state index is 12.6. The Morgan fingerprint density at radius 3 is 2.78 bits per heavy atom. The molecule has 0 aliphatic heterocycles. The molecule has 136 valence electrons. The minimum Gasteiger partial charge on any atom is -0.431 e. The van der Waals surface area contributed by atoms with Crippen LogP contribution in [0.2, 0.25) is 0 Å². The fraction of sp³-hybridized carbons (Fsp3) is 0.143. The van der Waals surface area contributed by atoms with Gasteiger partial charge in [0.05, 0.1) is 0 Å². The molecule has 2 aromatic heterocycles. The van der Waals surface area contributed by atoms with Crippen LogP contribution in [0.4, 0.5) is 0 Å². The molecule has 2 heterocycles. The maximum absolute atomic E-state index is 12.6. The van der Waals surface area contributed by atoms with Crippen molar-refractivity contribution in [1.82, 2.24) is 10.3 Å². The van der Waals surface area contributed by atoms with Crippen LogP contribution in [0.25, 0.3) is 11.1 Å². The minimum absolute atomic E-state index is 0.0414. The Morgan fingerprint density at radius 1 is 1.07 bits per heavy atom. The molecule has 0 atom stereocenters. The van der Waals surface area contributed by atoms with Crippen LogP contribution >= 0.6 is 23.1 Å². The molecule has 0 radical (unpaired) electrons. The number of rotatable bonds is 7. The summed E-state index contributed by atoms with van der Waals surface area (Å²) < 4.78 is 5.75. The Kier molecular flexibility index (Phi) is 5.55. The molecule has 0 aliphatic rings. The number of hydrogen-bond acceptors (Lipinski definition) is 5. The Morgan fingerprint density at radius 2 is 1.93 bits per heavy atom. The van der Waals surface area contributed by atoms with Crippen LogP contribution in [0.1, 0.15) is 20.8 Å². The number of fused-ring (bicyclic) bond motifs is 1. The molecule has 2 aromatic carbocycles. The van der Waals surface area contributed by atoms with Gasteiger partial charge in [-0.05, 0) is 41.6 Å². The van der Waals surface area contributed by atoms with Crippen LogP contribution in [0.15, 0.2) is 75.7 Å². The van der Waals surface area contributed by atoms with E-state index in [4.69, 9.17) is 4.42 Å². The highest BCUT2D eigenvalue weighted by Gasteiger charge is 2.13. The molecule has 0 spiro atoms. The molecule has 6 heteroatoms. The molecule has 27 heavy (non-hydrogen) atoms. The van der Waals surface area contributed by atoms with E-state index in [1.807, 2.05) is 54.6 Å². The molecule has 0 fully saturated rings. The third-order valence-electron chi connectivity index (χ3n) is 4.12. The quantitative estimate of drug-likeness (QED) is 0.440. The van der Waals surface area contributed by atoms with Crippen molar-refractivity contribution in [3.8, 4) is 0 Å². The fourth-order valence-corrected chi connectivity index (χ4v) is 4.32. The first-order valence-electron chi connectivity index (χ1n) is 8.66. The largest absolute Gasteiger partial charge is 0.431 e. The average Bonchev–Trinajstić information content (AvgIpc) is 3.35. The van der Waals surface area contributed by atoms with Gasteiger partial charge in [0.2, 0.25) is 0 Å². The van der Waals surface area contributed by atoms with Crippen molar-refractivity contribution >= 4 is 40.1 Å². The number of oxazole rings is 1. The summed E-state index contributed by atoms with van der Waals surface area (Å²) in [6.07, 6.45) is 0.850. The molecule has 0 unspecified atom stereocenters. The summed E-state index contributed by atoms with van der Waals surface area (Å²) in [5.41, 5.74) is 3.30. The molecule has 0 bridgehead atoms. The van der Waals surface area contributed by atoms with Crippen LogP contribution in [0, 0.1) is 0 Å². The number of nitrogens with zero attached hydrogens (tertiary/aromatic N) is 1. The number of para-hydroxylation sites is 2. The number of benzene rings is 2. The minimum atomic E-state index is -0.0414. The van der Waals surface area contributed by atoms with Crippen molar-refractivity contribution in [1.29, 1.82) is 0 Å². The van der Waals surface area contributed by atoms with Gasteiger partial charge >= 0.3 is 0 Å². The van der Waals surface area contributed by atoms with Gasteiger partial charge in [0.1, 0.15) is 5.52 Å². The number of thiophene rings is 1. The van der Waals surface area contributed by atoms with Gasteiger partial charge in [-0.2, -0.15) is 0 Å². The number of aromatic nitrogens is 1. The second-order valence-electron chi connectivity index (χ2n) is 5.98. The molecule has 4 aromatic rings. The van der Waals surface area contributed by atoms with Gasteiger partial charge in [-0.1, -0.05) is 48.2 Å². The standard InChI is InChI=1S/C21H18N2O2S2/c24-20(22-12-11-16-7-5-13-26-16)17-8-2-1-6-15(17)14-27-21-23-18-9-3-4-10-19(18)25-21/h1-10,13H,11-12,14H2,(H,22,24). The third-order valence-corrected chi connectivity index (χ3v) is 5.94.